The van der Waals surface area contributed by atoms with E-state index in [2.05, 4.69) is 4.98 Å². The predicted octanol–water partition coefficient (Wildman–Crippen LogP) is 2.44. The van der Waals surface area contributed by atoms with Crippen LogP contribution in [0.3, 0.4) is 0 Å². The topological polar surface area (TPSA) is 56.9 Å². The first-order valence-electron chi connectivity index (χ1n) is 3.59. The molecule has 0 fully saturated rings. The zero-order chi connectivity index (χ0) is 10.7. The lowest BCUT2D eigenvalue weighted by atomic mass is 10.2. The summed E-state index contributed by atoms with van der Waals surface area (Å²) in [6, 6.07) is 1.70. The van der Waals surface area contributed by atoms with Crippen LogP contribution in [0.2, 0.25) is 5.02 Å². The molecule has 1 heterocycles. The summed E-state index contributed by atoms with van der Waals surface area (Å²) in [5.74, 6) is -0.700. The molecule has 0 saturated carbocycles. The molecule has 0 saturated heterocycles. The summed E-state index contributed by atoms with van der Waals surface area (Å²) in [4.78, 5) is 3.57. The highest BCUT2D eigenvalue weighted by Gasteiger charge is 2.20. The van der Waals surface area contributed by atoms with Crippen LogP contribution in [0.5, 0.6) is 5.75 Å². The number of halogens is 3. The molecule has 0 spiro atoms. The van der Waals surface area contributed by atoms with Gasteiger partial charge in [-0.25, -0.2) is 8.78 Å². The molecule has 0 radical (unpaired) electrons. The largest absolute Gasteiger partial charge is 0.505 e. The summed E-state index contributed by atoms with van der Waals surface area (Å²) in [5.41, 5.74) is -0.765. The van der Waals surface area contributed by atoms with E-state index in [1.54, 1.807) is 6.07 Å². The van der Waals surface area contributed by atoms with Crippen molar-refractivity contribution in [2.45, 2.75) is 12.8 Å². The molecule has 6 heteroatoms. The molecule has 0 aliphatic heterocycles. The highest BCUT2D eigenvalue weighted by Crippen LogP contribution is 2.35. The third kappa shape index (κ3) is 1.91. The predicted molar refractivity (Wildman–Crippen MR) is 45.2 cm³/mol. The number of nitriles is 1. The van der Waals surface area contributed by atoms with Gasteiger partial charge in [-0.15, -0.1) is 0 Å². The first kappa shape index (κ1) is 10.7. The Morgan fingerprint density at radius 3 is 2.79 bits per heavy atom. The Labute approximate surface area is 83.6 Å². The molecule has 0 unspecified atom stereocenters. The molecule has 0 aliphatic carbocycles. The number of pyridine rings is 1. The van der Waals surface area contributed by atoms with Crippen LogP contribution in [0, 0.1) is 11.3 Å². The number of rotatable bonds is 2. The second kappa shape index (κ2) is 4.20. The standard InChI is InChI=1S/C8H5ClF2N2O/c9-4-3-13-5(1-2-12)7(14)6(4)8(10)11/h3,8,14H,1H2. The molecule has 74 valence electrons. The van der Waals surface area contributed by atoms with Crippen LogP contribution >= 0.6 is 11.6 Å². The number of nitrogens with zero attached hydrogens (tertiary/aromatic N) is 2. The summed E-state index contributed by atoms with van der Waals surface area (Å²) in [5, 5.41) is 17.3. The van der Waals surface area contributed by atoms with Gasteiger partial charge < -0.3 is 5.11 Å². The van der Waals surface area contributed by atoms with Crippen molar-refractivity contribution in [2.75, 3.05) is 0 Å². The van der Waals surface area contributed by atoms with Crippen molar-refractivity contribution in [3.63, 3.8) is 0 Å². The Bertz CT molecular complexity index is 390. The van der Waals surface area contributed by atoms with Crippen molar-refractivity contribution in [3.8, 4) is 11.8 Å². The van der Waals surface area contributed by atoms with E-state index in [0.717, 1.165) is 6.20 Å². The maximum absolute atomic E-state index is 12.4. The summed E-state index contributed by atoms with van der Waals surface area (Å²) in [7, 11) is 0. The minimum Gasteiger partial charge on any atom is -0.505 e. The van der Waals surface area contributed by atoms with Gasteiger partial charge in [-0.3, -0.25) is 4.98 Å². The van der Waals surface area contributed by atoms with Gasteiger partial charge >= 0.3 is 0 Å². The zero-order valence-corrected chi connectivity index (χ0v) is 7.59. The molecule has 1 N–H and O–H groups in total. The lowest BCUT2D eigenvalue weighted by Crippen LogP contribution is -1.95. The Kier molecular flexibility index (Phi) is 3.20. The zero-order valence-electron chi connectivity index (χ0n) is 6.84. The second-order valence-corrected chi connectivity index (χ2v) is 2.86. The van der Waals surface area contributed by atoms with E-state index in [1.807, 2.05) is 0 Å². The first-order valence-corrected chi connectivity index (χ1v) is 3.97. The van der Waals surface area contributed by atoms with Crippen molar-refractivity contribution in [1.29, 1.82) is 5.26 Å². The average Bonchev–Trinajstić information content (AvgIpc) is 2.10. The van der Waals surface area contributed by atoms with Crippen molar-refractivity contribution >= 4 is 11.6 Å². The summed E-state index contributed by atoms with van der Waals surface area (Å²) < 4.78 is 24.7. The Morgan fingerprint density at radius 1 is 1.64 bits per heavy atom. The molecule has 0 amide bonds. The van der Waals surface area contributed by atoms with Gasteiger partial charge in [0.15, 0.2) is 0 Å². The van der Waals surface area contributed by atoms with E-state index in [-0.39, 0.29) is 17.1 Å². The molecular formula is C8H5ClF2N2O. The van der Waals surface area contributed by atoms with E-state index < -0.39 is 17.7 Å². The minimum absolute atomic E-state index is 0.0906. The van der Waals surface area contributed by atoms with E-state index in [1.165, 1.54) is 0 Å². The van der Waals surface area contributed by atoms with Crippen LogP contribution in [0.1, 0.15) is 17.7 Å². The van der Waals surface area contributed by atoms with E-state index in [0.29, 0.717) is 0 Å². The van der Waals surface area contributed by atoms with Gasteiger partial charge in [0.1, 0.15) is 5.75 Å². The monoisotopic (exact) mass is 218 g/mol. The molecule has 0 aliphatic rings. The fourth-order valence-electron chi connectivity index (χ4n) is 0.946. The van der Waals surface area contributed by atoms with Gasteiger partial charge in [-0.05, 0) is 0 Å². The van der Waals surface area contributed by atoms with Crippen LogP contribution in [-0.4, -0.2) is 10.1 Å². The maximum Gasteiger partial charge on any atom is 0.268 e. The summed E-state index contributed by atoms with van der Waals surface area (Å²) in [6.45, 7) is 0. The maximum atomic E-state index is 12.4. The van der Waals surface area contributed by atoms with Gasteiger partial charge in [-0.2, -0.15) is 5.26 Å². The van der Waals surface area contributed by atoms with Crippen LogP contribution in [-0.2, 0) is 6.42 Å². The Balaban J connectivity index is 3.28. The van der Waals surface area contributed by atoms with Crippen molar-refractivity contribution in [1.82, 2.24) is 4.98 Å². The quantitative estimate of drug-likeness (QED) is 0.830. The lowest BCUT2D eigenvalue weighted by molar-refractivity contribution is 0.147. The fourth-order valence-corrected chi connectivity index (χ4v) is 1.17. The highest BCUT2D eigenvalue weighted by molar-refractivity contribution is 6.31. The molecular weight excluding hydrogens is 214 g/mol. The third-order valence-corrected chi connectivity index (χ3v) is 1.89. The van der Waals surface area contributed by atoms with E-state index >= 15 is 0 Å². The molecule has 0 atom stereocenters. The molecule has 0 aromatic carbocycles. The summed E-state index contributed by atoms with van der Waals surface area (Å²) >= 11 is 5.41. The average molecular weight is 219 g/mol. The minimum atomic E-state index is -2.89. The van der Waals surface area contributed by atoms with Crippen molar-refractivity contribution in [2.24, 2.45) is 0 Å². The van der Waals surface area contributed by atoms with Crippen LogP contribution in [0.15, 0.2) is 6.20 Å². The Morgan fingerprint density at radius 2 is 2.29 bits per heavy atom. The molecule has 3 nitrogen and oxygen atoms in total. The Hall–Kier alpha value is -1.41. The molecule has 14 heavy (non-hydrogen) atoms. The highest BCUT2D eigenvalue weighted by atomic mass is 35.5. The third-order valence-electron chi connectivity index (χ3n) is 1.58. The molecule has 1 rings (SSSR count). The second-order valence-electron chi connectivity index (χ2n) is 2.45. The van der Waals surface area contributed by atoms with Gasteiger partial charge in [0, 0.05) is 6.20 Å². The van der Waals surface area contributed by atoms with Crippen LogP contribution < -0.4 is 0 Å². The smallest absolute Gasteiger partial charge is 0.268 e. The molecule has 1 aromatic heterocycles. The first-order chi connectivity index (χ1) is 6.57. The molecule has 0 bridgehead atoms. The van der Waals surface area contributed by atoms with Crippen LogP contribution in [0.25, 0.3) is 0 Å². The van der Waals surface area contributed by atoms with Gasteiger partial charge in [0.2, 0.25) is 0 Å². The number of alkyl halides is 2. The normalized spacial score (nSPS) is 10.2. The molecule has 1 aromatic rings. The number of aromatic nitrogens is 1. The number of aromatic hydroxyl groups is 1. The van der Waals surface area contributed by atoms with Gasteiger partial charge in [-0.1, -0.05) is 11.6 Å². The fraction of sp³-hybridized carbons (Fsp3) is 0.250. The SMILES string of the molecule is N#CCc1ncc(Cl)c(C(F)F)c1O. The van der Waals surface area contributed by atoms with Gasteiger partial charge in [0.25, 0.3) is 6.43 Å². The van der Waals surface area contributed by atoms with E-state index in [4.69, 9.17) is 16.9 Å². The van der Waals surface area contributed by atoms with E-state index in [9.17, 15) is 13.9 Å². The lowest BCUT2D eigenvalue weighted by Gasteiger charge is -2.07. The van der Waals surface area contributed by atoms with Crippen LogP contribution in [0.4, 0.5) is 8.78 Å². The van der Waals surface area contributed by atoms with Crippen molar-refractivity contribution in [3.05, 3.63) is 22.5 Å². The van der Waals surface area contributed by atoms with Gasteiger partial charge in [0.05, 0.1) is 28.8 Å². The van der Waals surface area contributed by atoms with Crippen molar-refractivity contribution < 1.29 is 13.9 Å². The number of hydrogen-bond donors (Lipinski definition) is 1. The number of hydrogen-bond acceptors (Lipinski definition) is 3. The summed E-state index contributed by atoms with van der Waals surface area (Å²) in [6.07, 6.45) is -2.12.